The number of hydrogen-bond acceptors (Lipinski definition) is 10. The van der Waals surface area contributed by atoms with Gasteiger partial charge in [0.05, 0.1) is 12.1 Å². The largest absolute Gasteiger partial charge is 0.370 e. The van der Waals surface area contributed by atoms with Crippen LogP contribution in [0.5, 0.6) is 0 Å². The molecule has 0 unspecified atom stereocenters. The highest BCUT2D eigenvalue weighted by atomic mass is 32.2. The van der Waals surface area contributed by atoms with Crippen LogP contribution in [0.15, 0.2) is 54.6 Å². The minimum absolute atomic E-state index is 0.0392. The number of nitrogens with two attached hydrogens (primary N) is 1. The highest BCUT2D eigenvalue weighted by Gasteiger charge is 2.33. The van der Waals surface area contributed by atoms with Gasteiger partial charge in [-0.2, -0.15) is 23.5 Å². The zero-order valence-electron chi connectivity index (χ0n) is 33.6. The molecular weight excluding hydrogens is 779 g/mol. The van der Waals surface area contributed by atoms with Crippen molar-refractivity contribution in [1.82, 2.24) is 31.1 Å². The molecule has 0 bridgehead atoms. The SMILES string of the molecule is CC[C@H](NC(=O)[C@@H]1CCCN1C)C(=O)N[C@@H](CCC(N)=O)C(=O)N[C@@H](Cc1ccccc1)C(=O)NCCSCc1cccc(CSCCC(=O)N2CCC[C@H]2C=O)c1. The molecule has 4 rings (SSSR count). The van der Waals surface area contributed by atoms with E-state index in [2.05, 4.69) is 39.5 Å². The summed E-state index contributed by atoms with van der Waals surface area (Å²) in [5.41, 5.74) is 8.54. The summed E-state index contributed by atoms with van der Waals surface area (Å²) in [6.45, 7) is 3.56. The Bertz CT molecular complexity index is 1700. The van der Waals surface area contributed by atoms with Crippen molar-refractivity contribution < 1.29 is 33.6 Å². The second kappa shape index (κ2) is 24.5. The summed E-state index contributed by atoms with van der Waals surface area (Å²) < 4.78 is 0. The van der Waals surface area contributed by atoms with Crippen LogP contribution in [0.1, 0.15) is 75.0 Å². The van der Waals surface area contributed by atoms with E-state index in [0.29, 0.717) is 37.4 Å². The van der Waals surface area contributed by atoms with E-state index in [0.717, 1.165) is 60.3 Å². The number of nitrogens with zero attached hydrogens (tertiary/aromatic N) is 2. The Morgan fingerprint density at radius 2 is 1.45 bits per heavy atom. The van der Waals surface area contributed by atoms with Crippen molar-refractivity contribution in [1.29, 1.82) is 0 Å². The monoisotopic (exact) mass is 837 g/mol. The summed E-state index contributed by atoms with van der Waals surface area (Å²) in [5, 5.41) is 11.3. The van der Waals surface area contributed by atoms with Crippen LogP contribution in [-0.2, 0) is 51.5 Å². The third kappa shape index (κ3) is 15.1. The van der Waals surface area contributed by atoms with Crippen LogP contribution >= 0.6 is 23.5 Å². The maximum Gasteiger partial charge on any atom is 0.243 e. The first-order chi connectivity index (χ1) is 28.0. The van der Waals surface area contributed by atoms with Crippen molar-refractivity contribution in [2.75, 3.05) is 38.2 Å². The fourth-order valence-corrected chi connectivity index (χ4v) is 8.81. The lowest BCUT2D eigenvalue weighted by Gasteiger charge is -2.26. The minimum Gasteiger partial charge on any atom is -0.370 e. The quantitative estimate of drug-likeness (QED) is 0.0773. The molecule has 6 amide bonds. The second-order valence-electron chi connectivity index (χ2n) is 14.8. The fourth-order valence-electron chi connectivity index (χ4n) is 7.13. The molecule has 6 N–H and O–H groups in total. The Balaban J connectivity index is 1.27. The smallest absolute Gasteiger partial charge is 0.243 e. The number of primary amides is 1. The van der Waals surface area contributed by atoms with Crippen LogP contribution in [0.4, 0.5) is 0 Å². The van der Waals surface area contributed by atoms with E-state index < -0.39 is 35.8 Å². The number of aldehydes is 1. The molecule has 316 valence electrons. The predicted octanol–water partition coefficient (Wildman–Crippen LogP) is 2.32. The number of nitrogens with one attached hydrogen (secondary N) is 4. The molecule has 0 aromatic heterocycles. The van der Waals surface area contributed by atoms with Gasteiger partial charge in [-0.05, 0) is 68.8 Å². The van der Waals surface area contributed by atoms with Crippen molar-refractivity contribution >= 4 is 65.3 Å². The number of thioether (sulfide) groups is 2. The molecule has 58 heavy (non-hydrogen) atoms. The highest BCUT2D eigenvalue weighted by Crippen LogP contribution is 2.21. The Hall–Kier alpha value is -4.41. The van der Waals surface area contributed by atoms with Gasteiger partial charge >= 0.3 is 0 Å². The molecule has 16 heteroatoms. The maximum absolute atomic E-state index is 13.7. The van der Waals surface area contributed by atoms with E-state index in [1.165, 1.54) is 0 Å². The molecule has 0 aliphatic carbocycles. The van der Waals surface area contributed by atoms with E-state index in [1.807, 2.05) is 48.3 Å². The molecule has 0 saturated carbocycles. The van der Waals surface area contributed by atoms with Gasteiger partial charge in [0.15, 0.2) is 0 Å². The average Bonchev–Trinajstić information content (AvgIpc) is 3.89. The van der Waals surface area contributed by atoms with Crippen LogP contribution in [0.2, 0.25) is 0 Å². The number of carbonyl (C=O) groups is 7. The molecule has 14 nitrogen and oxygen atoms in total. The number of carbonyl (C=O) groups excluding carboxylic acids is 7. The molecule has 2 aromatic carbocycles. The molecule has 0 spiro atoms. The third-order valence-electron chi connectivity index (χ3n) is 10.4. The molecule has 5 atom stereocenters. The fraction of sp³-hybridized carbons (Fsp3) is 0.548. The Morgan fingerprint density at radius 1 is 0.793 bits per heavy atom. The zero-order valence-corrected chi connectivity index (χ0v) is 35.3. The number of hydrogen-bond donors (Lipinski definition) is 5. The van der Waals surface area contributed by atoms with Crippen LogP contribution < -0.4 is 27.0 Å². The van der Waals surface area contributed by atoms with Crippen LogP contribution in [-0.4, -0.2) is 120 Å². The van der Waals surface area contributed by atoms with E-state index in [-0.39, 0.29) is 55.5 Å². The van der Waals surface area contributed by atoms with Gasteiger partial charge in [-0.1, -0.05) is 61.5 Å². The van der Waals surface area contributed by atoms with Crippen molar-refractivity contribution in [3.63, 3.8) is 0 Å². The molecule has 2 fully saturated rings. The summed E-state index contributed by atoms with van der Waals surface area (Å²) in [5.74, 6) is 0.362. The lowest BCUT2D eigenvalue weighted by molar-refractivity contribution is -0.134. The standard InChI is InChI=1S/C42H59N7O7S2/c1-3-33(45-42(56)36-15-9-20-48(36)2)40(54)46-34(16-17-37(43)51)41(55)47-35(25-29-10-5-4-6-11-29)39(53)44-19-23-58-28-31-13-7-12-30(24-31)27-57-22-18-38(52)49-21-8-14-32(49)26-50/h4-7,10-13,24,26,32-36H,3,8-9,14-23,25,27-28H2,1-2H3,(H2,43,51)(H,44,53)(H,45,56)(H,46,54)(H,47,55)/t32-,33-,34-,35-,36-/m0/s1. The number of amides is 6. The van der Waals surface area contributed by atoms with Crippen LogP contribution in [0, 0.1) is 0 Å². The first-order valence-electron chi connectivity index (χ1n) is 20.2. The summed E-state index contributed by atoms with van der Waals surface area (Å²) in [6, 6.07) is 13.9. The summed E-state index contributed by atoms with van der Waals surface area (Å²) in [7, 11) is 1.86. The Morgan fingerprint density at radius 3 is 2.10 bits per heavy atom. The van der Waals surface area contributed by atoms with E-state index in [4.69, 9.17) is 5.73 Å². The molecule has 2 aliphatic rings. The number of likely N-dealkylation sites (N-methyl/N-ethyl adjacent to an activating group) is 1. The topological polar surface area (TPSA) is 200 Å². The number of likely N-dealkylation sites (tertiary alicyclic amines) is 2. The molecule has 2 saturated heterocycles. The van der Waals surface area contributed by atoms with Crippen molar-refractivity contribution in [3.8, 4) is 0 Å². The van der Waals surface area contributed by atoms with Crippen molar-refractivity contribution in [2.45, 2.75) is 106 Å². The van der Waals surface area contributed by atoms with Gasteiger partial charge in [0, 0.05) is 55.4 Å². The van der Waals surface area contributed by atoms with Gasteiger partial charge in [-0.15, -0.1) is 0 Å². The summed E-state index contributed by atoms with van der Waals surface area (Å²) in [4.78, 5) is 92.8. The number of benzene rings is 2. The van der Waals surface area contributed by atoms with E-state index >= 15 is 0 Å². The Labute approximate surface area is 350 Å². The van der Waals surface area contributed by atoms with E-state index in [9.17, 15) is 33.6 Å². The molecule has 2 aliphatic heterocycles. The Kier molecular flexibility index (Phi) is 19.5. The highest BCUT2D eigenvalue weighted by molar-refractivity contribution is 7.98. The third-order valence-corrected chi connectivity index (χ3v) is 12.5. The van der Waals surface area contributed by atoms with Crippen molar-refractivity contribution in [3.05, 3.63) is 71.3 Å². The first-order valence-corrected chi connectivity index (χ1v) is 22.5. The molecular formula is C42H59N7O7S2. The van der Waals surface area contributed by atoms with Crippen LogP contribution in [0.3, 0.4) is 0 Å². The minimum atomic E-state index is -1.18. The molecule has 2 aromatic rings. The summed E-state index contributed by atoms with van der Waals surface area (Å²) >= 11 is 3.35. The maximum atomic E-state index is 13.7. The second-order valence-corrected chi connectivity index (χ2v) is 17.0. The lowest BCUT2D eigenvalue weighted by Crippen LogP contribution is -2.58. The molecule has 2 heterocycles. The first kappa shape index (κ1) is 46.3. The van der Waals surface area contributed by atoms with E-state index in [1.54, 1.807) is 35.3 Å². The van der Waals surface area contributed by atoms with Gasteiger partial charge in [-0.3, -0.25) is 33.7 Å². The predicted molar refractivity (Wildman–Crippen MR) is 228 cm³/mol. The van der Waals surface area contributed by atoms with Gasteiger partial charge in [-0.25, -0.2) is 0 Å². The van der Waals surface area contributed by atoms with Gasteiger partial charge in [0.2, 0.25) is 35.4 Å². The zero-order chi connectivity index (χ0) is 41.9. The lowest BCUT2D eigenvalue weighted by atomic mass is 10.0. The van der Waals surface area contributed by atoms with Gasteiger partial charge in [0.25, 0.3) is 0 Å². The summed E-state index contributed by atoms with van der Waals surface area (Å²) in [6.07, 6.45) is 4.71. The van der Waals surface area contributed by atoms with Gasteiger partial charge in [0.1, 0.15) is 24.4 Å². The normalized spacial score (nSPS) is 18.1. The van der Waals surface area contributed by atoms with Crippen molar-refractivity contribution in [2.24, 2.45) is 5.73 Å². The molecule has 0 radical (unpaired) electrons. The van der Waals surface area contributed by atoms with Gasteiger partial charge < -0.3 is 36.7 Å². The average molecular weight is 838 g/mol. The van der Waals surface area contributed by atoms with Crippen LogP contribution in [0.25, 0.3) is 0 Å². The number of rotatable bonds is 24.